The van der Waals surface area contributed by atoms with Crippen molar-refractivity contribution in [1.82, 2.24) is 5.32 Å². The van der Waals surface area contributed by atoms with Gasteiger partial charge in [0.1, 0.15) is 0 Å². The van der Waals surface area contributed by atoms with E-state index in [2.05, 4.69) is 33.4 Å². The molecule has 0 amide bonds. The Bertz CT molecular complexity index is 593. The lowest BCUT2D eigenvalue weighted by molar-refractivity contribution is 0.0954. The van der Waals surface area contributed by atoms with Crippen molar-refractivity contribution in [3.8, 4) is 0 Å². The van der Waals surface area contributed by atoms with Crippen molar-refractivity contribution in [2.75, 3.05) is 6.54 Å². The molecule has 92 valence electrons. The molecule has 0 fully saturated rings. The number of carbonyl (C=O) groups is 1. The molecule has 0 saturated carbocycles. The van der Waals surface area contributed by atoms with Crippen LogP contribution in [0.1, 0.15) is 27.4 Å². The van der Waals surface area contributed by atoms with Crippen molar-refractivity contribution in [3.05, 3.63) is 56.2 Å². The van der Waals surface area contributed by atoms with E-state index in [-0.39, 0.29) is 11.7 Å². The van der Waals surface area contributed by atoms with Crippen LogP contribution in [0.2, 0.25) is 0 Å². The van der Waals surface area contributed by atoms with E-state index in [9.17, 15) is 4.79 Å². The van der Waals surface area contributed by atoms with E-state index in [0.717, 1.165) is 23.1 Å². The molecule has 2 nitrogen and oxygen atoms in total. The van der Waals surface area contributed by atoms with Gasteiger partial charge < -0.3 is 5.32 Å². The Morgan fingerprint density at radius 2 is 2.17 bits per heavy atom. The molecule has 0 spiro atoms. The molecular weight excluding hydrogens is 310 g/mol. The molecule has 1 atom stereocenters. The van der Waals surface area contributed by atoms with Crippen molar-refractivity contribution in [3.63, 3.8) is 0 Å². The Morgan fingerprint density at radius 3 is 2.94 bits per heavy atom. The second-order valence-corrected chi connectivity index (χ2v) is 5.98. The fourth-order valence-electron chi connectivity index (χ4n) is 2.38. The summed E-state index contributed by atoms with van der Waals surface area (Å²) in [5.41, 5.74) is 3.19. The molecule has 1 aliphatic heterocycles. The van der Waals surface area contributed by atoms with E-state index in [1.807, 2.05) is 22.9 Å². The van der Waals surface area contributed by atoms with Crippen molar-refractivity contribution < 1.29 is 4.79 Å². The van der Waals surface area contributed by atoms with Crippen LogP contribution in [-0.2, 0) is 6.54 Å². The van der Waals surface area contributed by atoms with Crippen LogP contribution >= 0.6 is 27.3 Å². The highest BCUT2D eigenvalue weighted by Crippen LogP contribution is 2.31. The van der Waals surface area contributed by atoms with E-state index in [0.29, 0.717) is 0 Å². The zero-order valence-electron chi connectivity index (χ0n) is 9.65. The first-order chi connectivity index (χ1) is 8.77. The van der Waals surface area contributed by atoms with Crippen LogP contribution in [0.5, 0.6) is 0 Å². The van der Waals surface area contributed by atoms with Crippen LogP contribution in [0.15, 0.2) is 39.5 Å². The zero-order valence-corrected chi connectivity index (χ0v) is 12.1. The first-order valence-corrected chi connectivity index (χ1v) is 7.55. The molecule has 0 aliphatic carbocycles. The predicted molar refractivity (Wildman–Crippen MR) is 77.2 cm³/mol. The summed E-state index contributed by atoms with van der Waals surface area (Å²) in [6.07, 6.45) is 0. The standard InChI is InChI=1S/C14H12BrNOS/c15-13-8-18-7-12(13)14(17)11-6-16-5-9-3-1-2-4-10(9)11/h1-4,7-8,11,16H,5-6H2. The van der Waals surface area contributed by atoms with Crippen LogP contribution in [0, 0.1) is 0 Å². The summed E-state index contributed by atoms with van der Waals surface area (Å²) in [5.74, 6) is 0.128. The Balaban J connectivity index is 2.00. The minimum absolute atomic E-state index is 0.0687. The summed E-state index contributed by atoms with van der Waals surface area (Å²) < 4.78 is 0.903. The topological polar surface area (TPSA) is 29.1 Å². The molecule has 1 aromatic heterocycles. The molecule has 0 saturated heterocycles. The largest absolute Gasteiger partial charge is 0.312 e. The number of carbonyl (C=O) groups excluding carboxylic acids is 1. The molecule has 3 rings (SSSR count). The van der Waals surface area contributed by atoms with Gasteiger partial charge in [-0.15, -0.1) is 0 Å². The molecule has 0 bridgehead atoms. The molecular formula is C14H12BrNOS. The highest BCUT2D eigenvalue weighted by molar-refractivity contribution is 9.10. The predicted octanol–water partition coefficient (Wildman–Crippen LogP) is 3.58. The fraction of sp³-hybridized carbons (Fsp3) is 0.214. The van der Waals surface area contributed by atoms with Crippen LogP contribution in [0.3, 0.4) is 0 Å². The second-order valence-electron chi connectivity index (χ2n) is 4.38. The summed E-state index contributed by atoms with van der Waals surface area (Å²) in [6, 6.07) is 8.18. The number of Topliss-reactive ketones (excluding diaryl/α,β-unsaturated/α-hetero) is 1. The molecule has 1 aliphatic rings. The number of benzene rings is 1. The lowest BCUT2D eigenvalue weighted by atomic mass is 9.86. The van der Waals surface area contributed by atoms with Crippen molar-refractivity contribution in [2.24, 2.45) is 0 Å². The maximum atomic E-state index is 12.6. The molecule has 2 heterocycles. The molecule has 4 heteroatoms. The monoisotopic (exact) mass is 321 g/mol. The van der Waals surface area contributed by atoms with Gasteiger partial charge in [0, 0.05) is 33.9 Å². The summed E-state index contributed by atoms with van der Waals surface area (Å²) in [7, 11) is 0. The number of hydrogen-bond acceptors (Lipinski definition) is 3. The first kappa shape index (κ1) is 12.1. The lowest BCUT2D eigenvalue weighted by Crippen LogP contribution is -2.32. The minimum atomic E-state index is -0.0687. The number of thiophene rings is 1. The summed E-state index contributed by atoms with van der Waals surface area (Å²) >= 11 is 4.99. The number of nitrogens with one attached hydrogen (secondary N) is 1. The quantitative estimate of drug-likeness (QED) is 0.856. The van der Waals surface area contributed by atoms with Gasteiger partial charge in [-0.25, -0.2) is 0 Å². The highest BCUT2D eigenvalue weighted by atomic mass is 79.9. The van der Waals surface area contributed by atoms with Gasteiger partial charge in [0.2, 0.25) is 0 Å². The van der Waals surface area contributed by atoms with E-state index in [4.69, 9.17) is 0 Å². The van der Waals surface area contributed by atoms with Crippen LogP contribution < -0.4 is 5.32 Å². The zero-order chi connectivity index (χ0) is 12.5. The van der Waals surface area contributed by atoms with Crippen molar-refractivity contribution in [2.45, 2.75) is 12.5 Å². The average molecular weight is 322 g/mol. The normalized spacial score (nSPS) is 18.4. The third kappa shape index (κ3) is 2.05. The van der Waals surface area contributed by atoms with Gasteiger partial charge >= 0.3 is 0 Å². The number of fused-ring (bicyclic) bond motifs is 1. The Labute approximate surface area is 118 Å². The number of halogens is 1. The van der Waals surface area contributed by atoms with E-state index >= 15 is 0 Å². The van der Waals surface area contributed by atoms with Crippen molar-refractivity contribution >= 4 is 33.0 Å². The number of hydrogen-bond donors (Lipinski definition) is 1. The van der Waals surface area contributed by atoms with Gasteiger partial charge in [-0.1, -0.05) is 24.3 Å². The maximum Gasteiger partial charge on any atom is 0.173 e. The maximum absolute atomic E-state index is 12.6. The van der Waals surface area contributed by atoms with Gasteiger partial charge in [0.25, 0.3) is 0 Å². The molecule has 0 radical (unpaired) electrons. The SMILES string of the molecule is O=C(c1cscc1Br)C1CNCc2ccccc21. The van der Waals surface area contributed by atoms with Gasteiger partial charge in [-0.3, -0.25) is 4.79 Å². The van der Waals surface area contributed by atoms with Gasteiger partial charge in [-0.05, 0) is 27.1 Å². The second kappa shape index (κ2) is 4.96. The molecule has 18 heavy (non-hydrogen) atoms. The summed E-state index contributed by atoms with van der Waals surface area (Å²) in [5, 5.41) is 7.19. The average Bonchev–Trinajstić information content (AvgIpc) is 2.83. The smallest absolute Gasteiger partial charge is 0.173 e. The third-order valence-corrected chi connectivity index (χ3v) is 4.99. The fourth-order valence-corrected chi connectivity index (χ4v) is 3.85. The number of rotatable bonds is 2. The van der Waals surface area contributed by atoms with Crippen LogP contribution in [-0.4, -0.2) is 12.3 Å². The van der Waals surface area contributed by atoms with E-state index < -0.39 is 0 Å². The molecule has 1 unspecified atom stereocenters. The Kier molecular flexibility index (Phi) is 3.33. The minimum Gasteiger partial charge on any atom is -0.312 e. The van der Waals surface area contributed by atoms with Gasteiger partial charge in [0.15, 0.2) is 5.78 Å². The van der Waals surface area contributed by atoms with E-state index in [1.165, 1.54) is 11.1 Å². The van der Waals surface area contributed by atoms with Crippen molar-refractivity contribution in [1.29, 1.82) is 0 Å². The molecule has 1 aromatic carbocycles. The third-order valence-electron chi connectivity index (χ3n) is 3.29. The Morgan fingerprint density at radius 1 is 1.33 bits per heavy atom. The first-order valence-electron chi connectivity index (χ1n) is 5.82. The molecule has 2 aromatic rings. The van der Waals surface area contributed by atoms with Gasteiger partial charge in [0.05, 0.1) is 5.92 Å². The summed E-state index contributed by atoms with van der Waals surface area (Å²) in [4.78, 5) is 12.6. The molecule has 1 N–H and O–H groups in total. The van der Waals surface area contributed by atoms with E-state index in [1.54, 1.807) is 11.3 Å². The van der Waals surface area contributed by atoms with Gasteiger partial charge in [-0.2, -0.15) is 11.3 Å². The number of ketones is 1. The van der Waals surface area contributed by atoms with Crippen LogP contribution in [0.4, 0.5) is 0 Å². The Hall–Kier alpha value is -0.970. The lowest BCUT2D eigenvalue weighted by Gasteiger charge is -2.25. The summed E-state index contributed by atoms with van der Waals surface area (Å²) in [6.45, 7) is 1.57. The highest BCUT2D eigenvalue weighted by Gasteiger charge is 2.28. The van der Waals surface area contributed by atoms with Crippen LogP contribution in [0.25, 0.3) is 0 Å².